The SMILES string of the molecule is CC(C)N1CC2(C1)OCc1cc(Br)cnc12. The van der Waals surface area contributed by atoms with Crippen molar-refractivity contribution in [2.24, 2.45) is 0 Å². The van der Waals surface area contributed by atoms with Crippen molar-refractivity contribution in [2.45, 2.75) is 32.1 Å². The number of pyridine rings is 1. The Morgan fingerprint density at radius 2 is 2.25 bits per heavy atom. The van der Waals surface area contributed by atoms with Crippen molar-refractivity contribution < 1.29 is 4.74 Å². The fourth-order valence-electron chi connectivity index (χ4n) is 2.50. The van der Waals surface area contributed by atoms with Gasteiger partial charge in [-0.1, -0.05) is 0 Å². The summed E-state index contributed by atoms with van der Waals surface area (Å²) in [5.41, 5.74) is 2.27. The molecule has 0 atom stereocenters. The molecule has 0 saturated carbocycles. The molecule has 2 aliphatic rings. The first-order chi connectivity index (χ1) is 7.61. The lowest BCUT2D eigenvalue weighted by Crippen LogP contribution is -2.61. The van der Waals surface area contributed by atoms with Gasteiger partial charge in [0.2, 0.25) is 0 Å². The quantitative estimate of drug-likeness (QED) is 0.790. The number of halogens is 1. The van der Waals surface area contributed by atoms with E-state index in [4.69, 9.17) is 4.74 Å². The number of nitrogens with zero attached hydrogens (tertiary/aromatic N) is 2. The lowest BCUT2D eigenvalue weighted by atomic mass is 9.88. The van der Waals surface area contributed by atoms with Gasteiger partial charge in [0.25, 0.3) is 0 Å². The van der Waals surface area contributed by atoms with Crippen molar-refractivity contribution in [1.82, 2.24) is 9.88 Å². The number of likely N-dealkylation sites (tertiary alicyclic amines) is 1. The minimum Gasteiger partial charge on any atom is -0.361 e. The van der Waals surface area contributed by atoms with E-state index in [1.54, 1.807) is 0 Å². The Bertz CT molecular complexity index is 427. The van der Waals surface area contributed by atoms with Gasteiger partial charge in [-0.3, -0.25) is 9.88 Å². The van der Waals surface area contributed by atoms with Crippen LogP contribution in [-0.2, 0) is 16.9 Å². The number of rotatable bonds is 1. The van der Waals surface area contributed by atoms with Gasteiger partial charge in [-0.25, -0.2) is 0 Å². The Balaban J connectivity index is 1.88. The second-order valence-electron chi connectivity index (χ2n) is 4.94. The molecular weight excluding hydrogens is 268 g/mol. The van der Waals surface area contributed by atoms with Gasteiger partial charge in [-0.2, -0.15) is 0 Å². The summed E-state index contributed by atoms with van der Waals surface area (Å²) >= 11 is 3.45. The van der Waals surface area contributed by atoms with E-state index in [1.807, 2.05) is 6.20 Å². The molecule has 0 unspecified atom stereocenters. The van der Waals surface area contributed by atoms with E-state index in [1.165, 1.54) is 5.56 Å². The van der Waals surface area contributed by atoms with Gasteiger partial charge in [0.05, 0.1) is 12.3 Å². The first-order valence-corrected chi connectivity index (χ1v) is 6.43. The van der Waals surface area contributed by atoms with Crippen LogP contribution in [0.3, 0.4) is 0 Å². The smallest absolute Gasteiger partial charge is 0.136 e. The fourth-order valence-corrected chi connectivity index (χ4v) is 2.88. The average Bonchev–Trinajstić information content (AvgIpc) is 2.53. The van der Waals surface area contributed by atoms with Gasteiger partial charge in [-0.15, -0.1) is 0 Å². The van der Waals surface area contributed by atoms with Crippen LogP contribution in [0.2, 0.25) is 0 Å². The molecule has 1 spiro atoms. The van der Waals surface area contributed by atoms with Crippen molar-refractivity contribution in [1.29, 1.82) is 0 Å². The summed E-state index contributed by atoms with van der Waals surface area (Å²) in [4.78, 5) is 6.94. The molecule has 0 N–H and O–H groups in total. The maximum Gasteiger partial charge on any atom is 0.136 e. The Kier molecular flexibility index (Phi) is 2.35. The zero-order valence-corrected chi connectivity index (χ0v) is 11.1. The molecule has 3 rings (SSSR count). The van der Waals surface area contributed by atoms with E-state index < -0.39 is 0 Å². The summed E-state index contributed by atoms with van der Waals surface area (Å²) in [7, 11) is 0. The molecule has 3 nitrogen and oxygen atoms in total. The highest BCUT2D eigenvalue weighted by Crippen LogP contribution is 2.43. The van der Waals surface area contributed by atoms with Gasteiger partial charge >= 0.3 is 0 Å². The molecule has 86 valence electrons. The zero-order valence-electron chi connectivity index (χ0n) is 9.53. The van der Waals surface area contributed by atoms with Crippen LogP contribution < -0.4 is 0 Å². The molecule has 1 aromatic heterocycles. The molecule has 1 fully saturated rings. The largest absolute Gasteiger partial charge is 0.361 e. The van der Waals surface area contributed by atoms with Gasteiger partial charge < -0.3 is 4.74 Å². The normalized spacial score (nSPS) is 22.5. The van der Waals surface area contributed by atoms with Crippen molar-refractivity contribution in [2.75, 3.05) is 13.1 Å². The van der Waals surface area contributed by atoms with Crippen molar-refractivity contribution in [3.63, 3.8) is 0 Å². The van der Waals surface area contributed by atoms with Gasteiger partial charge in [0.1, 0.15) is 5.60 Å². The molecule has 0 aliphatic carbocycles. The molecule has 1 saturated heterocycles. The van der Waals surface area contributed by atoms with Crippen LogP contribution in [0.5, 0.6) is 0 Å². The summed E-state index contributed by atoms with van der Waals surface area (Å²) in [6.07, 6.45) is 1.87. The van der Waals surface area contributed by atoms with Crippen LogP contribution in [-0.4, -0.2) is 29.0 Å². The van der Waals surface area contributed by atoms with Crippen LogP contribution in [0.15, 0.2) is 16.7 Å². The molecule has 0 radical (unpaired) electrons. The Morgan fingerprint density at radius 3 is 2.94 bits per heavy atom. The predicted molar refractivity (Wildman–Crippen MR) is 65.1 cm³/mol. The molecule has 4 heteroatoms. The van der Waals surface area contributed by atoms with E-state index in [-0.39, 0.29) is 5.60 Å². The molecule has 3 heterocycles. The van der Waals surface area contributed by atoms with Gasteiger partial charge in [-0.05, 0) is 35.8 Å². The van der Waals surface area contributed by atoms with Crippen LogP contribution in [0.4, 0.5) is 0 Å². The Morgan fingerprint density at radius 1 is 1.50 bits per heavy atom. The van der Waals surface area contributed by atoms with Gasteiger partial charge in [0.15, 0.2) is 0 Å². The predicted octanol–water partition coefficient (Wildman–Crippen LogP) is 2.29. The van der Waals surface area contributed by atoms with E-state index in [2.05, 4.69) is 45.7 Å². The van der Waals surface area contributed by atoms with E-state index in [0.29, 0.717) is 12.6 Å². The highest BCUT2D eigenvalue weighted by atomic mass is 79.9. The zero-order chi connectivity index (χ0) is 11.3. The van der Waals surface area contributed by atoms with Crippen molar-refractivity contribution >= 4 is 15.9 Å². The lowest BCUT2D eigenvalue weighted by Gasteiger charge is -2.49. The van der Waals surface area contributed by atoms with E-state index in [0.717, 1.165) is 23.3 Å². The topological polar surface area (TPSA) is 25.4 Å². The molecule has 0 aromatic carbocycles. The Hall–Kier alpha value is -0.450. The van der Waals surface area contributed by atoms with Crippen LogP contribution in [0.1, 0.15) is 25.1 Å². The number of fused-ring (bicyclic) bond motifs is 2. The second-order valence-corrected chi connectivity index (χ2v) is 5.86. The summed E-state index contributed by atoms with van der Waals surface area (Å²) in [6.45, 7) is 7.10. The summed E-state index contributed by atoms with van der Waals surface area (Å²) in [5, 5.41) is 0. The van der Waals surface area contributed by atoms with Crippen LogP contribution in [0.25, 0.3) is 0 Å². The summed E-state index contributed by atoms with van der Waals surface area (Å²) in [6, 6.07) is 2.71. The second kappa shape index (κ2) is 3.52. The standard InChI is InChI=1S/C12H15BrN2O/c1-8(2)15-6-12(7-15)11-9(5-16-12)3-10(13)4-14-11/h3-4,8H,5-7H2,1-2H3. The number of aromatic nitrogens is 1. The third kappa shape index (κ3) is 1.44. The van der Waals surface area contributed by atoms with E-state index >= 15 is 0 Å². The molecule has 16 heavy (non-hydrogen) atoms. The molecule has 0 bridgehead atoms. The highest BCUT2D eigenvalue weighted by molar-refractivity contribution is 9.10. The lowest BCUT2D eigenvalue weighted by molar-refractivity contribution is -0.152. The van der Waals surface area contributed by atoms with Gasteiger partial charge in [0, 0.05) is 35.4 Å². The summed E-state index contributed by atoms with van der Waals surface area (Å²) in [5.74, 6) is 0. The maximum absolute atomic E-state index is 5.96. The first-order valence-electron chi connectivity index (χ1n) is 5.64. The maximum atomic E-state index is 5.96. The van der Waals surface area contributed by atoms with Crippen LogP contribution in [0, 0.1) is 0 Å². The molecule has 0 amide bonds. The van der Waals surface area contributed by atoms with E-state index in [9.17, 15) is 0 Å². The highest BCUT2D eigenvalue weighted by Gasteiger charge is 2.51. The van der Waals surface area contributed by atoms with Crippen LogP contribution >= 0.6 is 15.9 Å². The number of hydrogen-bond donors (Lipinski definition) is 0. The average molecular weight is 283 g/mol. The minimum absolute atomic E-state index is 0.111. The monoisotopic (exact) mass is 282 g/mol. The molecule has 1 aromatic rings. The molecule has 2 aliphatic heterocycles. The fraction of sp³-hybridized carbons (Fsp3) is 0.583. The number of hydrogen-bond acceptors (Lipinski definition) is 3. The van der Waals surface area contributed by atoms with Crippen molar-refractivity contribution in [3.05, 3.63) is 28.0 Å². The third-order valence-corrected chi connectivity index (χ3v) is 3.95. The number of ether oxygens (including phenoxy) is 1. The minimum atomic E-state index is -0.111. The Labute approximate surface area is 104 Å². The molecular formula is C12H15BrN2O. The first kappa shape index (κ1) is 10.7. The third-order valence-electron chi connectivity index (χ3n) is 3.52. The summed E-state index contributed by atoms with van der Waals surface area (Å²) < 4.78 is 6.99. The van der Waals surface area contributed by atoms with Crippen molar-refractivity contribution in [3.8, 4) is 0 Å².